The van der Waals surface area contributed by atoms with E-state index in [4.69, 9.17) is 17.0 Å². The molecular weight excluding hydrogens is 366 g/mol. The minimum absolute atomic E-state index is 0.0340. The number of rotatable bonds is 7. The van der Waals surface area contributed by atoms with E-state index >= 15 is 0 Å². The number of carbonyl (C=O) groups excluding carboxylic acids is 3. The number of thiocarbonyl (C=S) groups is 1. The lowest BCUT2D eigenvalue weighted by Crippen LogP contribution is -2.50. The van der Waals surface area contributed by atoms with Gasteiger partial charge >= 0.3 is 0 Å². The van der Waals surface area contributed by atoms with Crippen molar-refractivity contribution in [1.82, 2.24) is 4.90 Å². The van der Waals surface area contributed by atoms with E-state index in [0.717, 1.165) is 16.7 Å². The number of thioether (sulfide) groups is 1. The average molecular weight is 379 g/mol. The Kier molecular flexibility index (Phi) is 6.16. The van der Waals surface area contributed by atoms with Crippen molar-refractivity contribution >= 4 is 52.2 Å². The van der Waals surface area contributed by atoms with Gasteiger partial charge in [-0.2, -0.15) is 0 Å². The second-order valence-electron chi connectivity index (χ2n) is 5.07. The van der Waals surface area contributed by atoms with Gasteiger partial charge in [0.1, 0.15) is 10.1 Å². The first-order valence-corrected chi connectivity index (χ1v) is 8.37. The highest BCUT2D eigenvalue weighted by molar-refractivity contribution is 8.26. The zero-order valence-corrected chi connectivity index (χ0v) is 14.7. The van der Waals surface area contributed by atoms with E-state index in [1.54, 1.807) is 30.3 Å². The fraction of sp³-hybridized carbons (Fsp3) is 0.250. The highest BCUT2D eigenvalue weighted by Crippen LogP contribution is 2.35. The van der Waals surface area contributed by atoms with Gasteiger partial charge in [0.05, 0.1) is 24.0 Å². The molecule has 0 radical (unpaired) electrons. The molecule has 1 aromatic rings. The van der Waals surface area contributed by atoms with Crippen molar-refractivity contribution in [2.75, 3.05) is 7.11 Å². The minimum Gasteiger partial charge on any atom is -0.550 e. The number of amides is 1. The maximum absolute atomic E-state index is 12.5. The zero-order chi connectivity index (χ0) is 18.6. The molecule has 0 spiro atoms. The van der Waals surface area contributed by atoms with Crippen LogP contribution in [0.3, 0.4) is 0 Å². The lowest BCUT2D eigenvalue weighted by molar-refractivity contribution is -0.311. The first kappa shape index (κ1) is 18.9. The fourth-order valence-electron chi connectivity index (χ4n) is 2.24. The van der Waals surface area contributed by atoms with Crippen molar-refractivity contribution in [3.05, 3.63) is 34.7 Å². The Balaban J connectivity index is 2.26. The molecule has 1 amide bonds. The number of benzene rings is 1. The smallest absolute Gasteiger partial charge is 0.266 e. The third kappa shape index (κ3) is 4.58. The van der Waals surface area contributed by atoms with Crippen LogP contribution in [0.5, 0.6) is 5.75 Å². The van der Waals surface area contributed by atoms with E-state index in [0.29, 0.717) is 11.3 Å². The minimum atomic E-state index is -1.57. The fourth-order valence-corrected chi connectivity index (χ4v) is 3.59. The van der Waals surface area contributed by atoms with Crippen molar-refractivity contribution < 1.29 is 29.3 Å². The zero-order valence-electron chi connectivity index (χ0n) is 13.1. The summed E-state index contributed by atoms with van der Waals surface area (Å²) in [6, 6.07) is 5.49. The second-order valence-corrected chi connectivity index (χ2v) is 6.75. The van der Waals surface area contributed by atoms with Crippen LogP contribution in [-0.2, 0) is 14.4 Å². The van der Waals surface area contributed by atoms with E-state index in [2.05, 4.69) is 0 Å². The average Bonchev–Trinajstić information content (AvgIpc) is 2.82. The summed E-state index contributed by atoms with van der Waals surface area (Å²) in [7, 11) is 1.51. The summed E-state index contributed by atoms with van der Waals surface area (Å²) in [5.74, 6) is -2.99. The van der Waals surface area contributed by atoms with E-state index in [9.17, 15) is 24.6 Å². The van der Waals surface area contributed by atoms with Crippen LogP contribution in [0.1, 0.15) is 18.4 Å². The highest BCUT2D eigenvalue weighted by atomic mass is 32.2. The van der Waals surface area contributed by atoms with Gasteiger partial charge in [0.25, 0.3) is 5.91 Å². The van der Waals surface area contributed by atoms with Gasteiger partial charge in [-0.25, -0.2) is 0 Å². The molecule has 1 fully saturated rings. The Morgan fingerprint density at radius 1 is 1.40 bits per heavy atom. The van der Waals surface area contributed by atoms with Crippen molar-refractivity contribution in [3.8, 4) is 5.75 Å². The summed E-state index contributed by atoms with van der Waals surface area (Å²) in [5, 5.41) is 21.9. The van der Waals surface area contributed by atoms with Crippen LogP contribution in [0.2, 0.25) is 0 Å². The van der Waals surface area contributed by atoms with Gasteiger partial charge < -0.3 is 24.5 Å². The van der Waals surface area contributed by atoms with Crippen molar-refractivity contribution in [1.29, 1.82) is 0 Å². The van der Waals surface area contributed by atoms with Gasteiger partial charge in [0, 0.05) is 5.97 Å². The lowest BCUT2D eigenvalue weighted by Gasteiger charge is -2.27. The predicted octanol–water partition coefficient (Wildman–Crippen LogP) is -0.455. The van der Waals surface area contributed by atoms with Crippen LogP contribution in [0.4, 0.5) is 0 Å². The van der Waals surface area contributed by atoms with Gasteiger partial charge in [-0.15, -0.1) is 0 Å². The first-order chi connectivity index (χ1) is 11.8. The monoisotopic (exact) mass is 379 g/mol. The van der Waals surface area contributed by atoms with Gasteiger partial charge in [0.2, 0.25) is 0 Å². The molecule has 1 atom stereocenters. The summed E-state index contributed by atoms with van der Waals surface area (Å²) >= 11 is 6.03. The SMILES string of the molecule is COc1cccc(/C=C2\SC(=S)N([C@@H](CCC(=O)[O-])C(=O)[O-])C2=O)c1. The van der Waals surface area contributed by atoms with Crippen LogP contribution >= 0.6 is 24.0 Å². The number of ether oxygens (including phenoxy) is 1. The number of carbonyl (C=O) groups is 3. The van der Waals surface area contributed by atoms with Crippen molar-refractivity contribution in [3.63, 3.8) is 0 Å². The maximum atomic E-state index is 12.5. The molecule has 0 aliphatic carbocycles. The van der Waals surface area contributed by atoms with Crippen molar-refractivity contribution in [2.24, 2.45) is 0 Å². The van der Waals surface area contributed by atoms with Gasteiger partial charge in [-0.05, 0) is 36.6 Å². The number of aliphatic carboxylic acids is 2. The summed E-state index contributed by atoms with van der Waals surface area (Å²) in [6.07, 6.45) is 0.696. The molecule has 132 valence electrons. The van der Waals surface area contributed by atoms with Crippen LogP contribution in [-0.4, -0.2) is 40.2 Å². The largest absolute Gasteiger partial charge is 0.550 e. The van der Waals surface area contributed by atoms with Gasteiger partial charge in [-0.1, -0.05) is 36.1 Å². The lowest BCUT2D eigenvalue weighted by atomic mass is 10.1. The summed E-state index contributed by atoms with van der Waals surface area (Å²) in [5.41, 5.74) is 0.680. The molecule has 1 heterocycles. The molecule has 25 heavy (non-hydrogen) atoms. The molecule has 7 nitrogen and oxygen atoms in total. The molecule has 0 unspecified atom stereocenters. The Labute approximate surface area is 153 Å². The molecule has 0 N–H and O–H groups in total. The molecule has 0 bridgehead atoms. The number of carboxylic acid groups (broad SMARTS) is 2. The molecule has 0 saturated carbocycles. The number of hydrogen-bond donors (Lipinski definition) is 0. The normalized spacial score (nSPS) is 17.0. The van der Waals surface area contributed by atoms with E-state index in [-0.39, 0.29) is 15.6 Å². The molecule has 1 aliphatic rings. The number of carboxylic acids is 2. The van der Waals surface area contributed by atoms with Crippen LogP contribution in [0.25, 0.3) is 6.08 Å². The predicted molar refractivity (Wildman–Crippen MR) is 91.0 cm³/mol. The maximum Gasteiger partial charge on any atom is 0.266 e. The third-order valence-electron chi connectivity index (χ3n) is 3.42. The molecule has 1 aliphatic heterocycles. The number of nitrogens with zero attached hydrogens (tertiary/aromatic N) is 1. The van der Waals surface area contributed by atoms with Crippen molar-refractivity contribution in [2.45, 2.75) is 18.9 Å². The second kappa shape index (κ2) is 8.13. The quantitative estimate of drug-likeness (QED) is 0.463. The van der Waals surface area contributed by atoms with E-state index in [1.807, 2.05) is 0 Å². The summed E-state index contributed by atoms with van der Waals surface area (Å²) in [6.45, 7) is 0. The van der Waals surface area contributed by atoms with E-state index < -0.39 is 30.3 Å². The molecule has 1 saturated heterocycles. The topological polar surface area (TPSA) is 110 Å². The van der Waals surface area contributed by atoms with Gasteiger partial charge in [-0.3, -0.25) is 9.69 Å². The standard InChI is InChI=1S/C16H15NO6S2/c1-23-10-4-2-3-9(7-10)8-12-14(20)17(16(24)25-12)11(15(21)22)5-6-13(18)19/h2-4,7-8,11H,5-6H2,1H3,(H,18,19)(H,21,22)/p-2/b12-8-/t11-/m0/s1. The number of hydrogen-bond acceptors (Lipinski definition) is 8. The number of methoxy groups -OCH3 is 1. The summed E-state index contributed by atoms with van der Waals surface area (Å²) in [4.78, 5) is 35.5. The Hall–Kier alpha value is -2.39. The van der Waals surface area contributed by atoms with Crippen LogP contribution in [0, 0.1) is 0 Å². The molecule has 0 aromatic heterocycles. The van der Waals surface area contributed by atoms with E-state index in [1.165, 1.54) is 7.11 Å². The van der Waals surface area contributed by atoms with Crippen LogP contribution in [0.15, 0.2) is 29.2 Å². The van der Waals surface area contributed by atoms with Crippen LogP contribution < -0.4 is 14.9 Å². The Morgan fingerprint density at radius 3 is 2.72 bits per heavy atom. The third-order valence-corrected chi connectivity index (χ3v) is 4.75. The molecular formula is C16H13NO6S2-2. The Bertz CT molecular complexity index is 761. The molecule has 9 heteroatoms. The molecule has 1 aromatic carbocycles. The highest BCUT2D eigenvalue weighted by Gasteiger charge is 2.37. The van der Waals surface area contributed by atoms with Gasteiger partial charge in [0.15, 0.2) is 0 Å². The molecule has 2 rings (SSSR count). The Morgan fingerprint density at radius 2 is 2.12 bits per heavy atom. The first-order valence-electron chi connectivity index (χ1n) is 7.15. The summed E-state index contributed by atoms with van der Waals surface area (Å²) < 4.78 is 5.14.